The van der Waals surface area contributed by atoms with E-state index in [1.807, 2.05) is 61.5 Å². The summed E-state index contributed by atoms with van der Waals surface area (Å²) in [7, 11) is 0. The predicted octanol–water partition coefficient (Wildman–Crippen LogP) is 4.66. The number of fused-ring (bicyclic) bond motifs is 1. The quantitative estimate of drug-likeness (QED) is 0.387. The minimum absolute atomic E-state index is 0.321. The third-order valence-corrected chi connectivity index (χ3v) is 4.31. The van der Waals surface area contributed by atoms with Crippen LogP contribution in [0.5, 0.6) is 5.75 Å². The molecule has 0 saturated heterocycles. The number of aromatic nitrogens is 1. The number of carbonyl (C=O) groups excluding carboxylic acids is 1. The van der Waals surface area contributed by atoms with Crippen LogP contribution < -0.4 is 10.2 Å². The number of amides is 1. The minimum atomic E-state index is -0.321. The molecule has 0 aliphatic heterocycles. The van der Waals surface area contributed by atoms with Crippen LogP contribution in [0.1, 0.15) is 22.8 Å². The van der Waals surface area contributed by atoms with Crippen LogP contribution >= 0.6 is 0 Å². The number of nitrogens with one attached hydrogen (secondary N) is 1. The van der Waals surface area contributed by atoms with Gasteiger partial charge >= 0.3 is 0 Å². The Morgan fingerprint density at radius 1 is 1.14 bits per heavy atom. The van der Waals surface area contributed by atoms with Crippen LogP contribution in [0.25, 0.3) is 22.4 Å². The number of benzene rings is 2. The molecule has 0 saturated carbocycles. The number of pyridine rings is 1. The highest BCUT2D eigenvalue weighted by atomic mass is 16.5. The standard InChI is InChI=1S/C23H19N3O3/c1-2-28-17-11-9-16(10-12-17)15-24-26-23(27)19-14-21(22-8-5-13-29-22)25-20-7-4-3-6-18(19)20/h3-15H,2H2,1H3,(H,26,27). The maximum atomic E-state index is 12.8. The van der Waals surface area contributed by atoms with Gasteiger partial charge in [-0.25, -0.2) is 10.4 Å². The Kier molecular flexibility index (Phi) is 5.33. The van der Waals surface area contributed by atoms with Gasteiger partial charge < -0.3 is 9.15 Å². The summed E-state index contributed by atoms with van der Waals surface area (Å²) in [5, 5.41) is 4.83. The van der Waals surface area contributed by atoms with E-state index in [1.165, 1.54) is 0 Å². The van der Waals surface area contributed by atoms with Gasteiger partial charge in [0.05, 0.1) is 30.2 Å². The highest BCUT2D eigenvalue weighted by molar-refractivity contribution is 6.07. The Labute approximate surface area is 167 Å². The molecule has 6 nitrogen and oxygen atoms in total. The van der Waals surface area contributed by atoms with Crippen molar-refractivity contribution in [2.75, 3.05) is 6.61 Å². The maximum Gasteiger partial charge on any atom is 0.272 e. The number of nitrogens with zero attached hydrogens (tertiary/aromatic N) is 2. The van der Waals surface area contributed by atoms with Crippen LogP contribution in [0.4, 0.5) is 0 Å². The lowest BCUT2D eigenvalue weighted by Gasteiger charge is -2.07. The number of rotatable bonds is 6. The molecule has 4 aromatic rings. The maximum absolute atomic E-state index is 12.8. The number of hydrogen-bond acceptors (Lipinski definition) is 5. The van der Waals surface area contributed by atoms with E-state index in [4.69, 9.17) is 9.15 Å². The molecule has 1 amide bonds. The summed E-state index contributed by atoms with van der Waals surface area (Å²) in [6.07, 6.45) is 3.16. The minimum Gasteiger partial charge on any atom is -0.494 e. The monoisotopic (exact) mass is 385 g/mol. The molecule has 2 aromatic heterocycles. The second-order valence-corrected chi connectivity index (χ2v) is 6.25. The average Bonchev–Trinajstić information content (AvgIpc) is 3.29. The predicted molar refractivity (Wildman–Crippen MR) is 112 cm³/mol. The fraction of sp³-hybridized carbons (Fsp3) is 0.0870. The Balaban J connectivity index is 1.58. The molecule has 0 aliphatic rings. The second kappa shape index (κ2) is 8.39. The number of para-hydroxylation sites is 1. The van der Waals surface area contributed by atoms with Crippen molar-refractivity contribution in [2.24, 2.45) is 5.10 Å². The van der Waals surface area contributed by atoms with Crippen molar-refractivity contribution >= 4 is 23.0 Å². The largest absolute Gasteiger partial charge is 0.494 e. The molecule has 0 bridgehead atoms. The van der Waals surface area contributed by atoms with Crippen molar-refractivity contribution in [3.63, 3.8) is 0 Å². The van der Waals surface area contributed by atoms with Gasteiger partial charge in [-0.15, -0.1) is 0 Å². The van der Waals surface area contributed by atoms with Crippen LogP contribution in [-0.4, -0.2) is 23.7 Å². The summed E-state index contributed by atoms with van der Waals surface area (Å²) < 4.78 is 10.9. The van der Waals surface area contributed by atoms with Crippen molar-refractivity contribution in [2.45, 2.75) is 6.92 Å². The summed E-state index contributed by atoms with van der Waals surface area (Å²) >= 11 is 0. The molecule has 0 fully saturated rings. The van der Waals surface area contributed by atoms with Gasteiger partial charge in [-0.2, -0.15) is 5.10 Å². The molecule has 0 aliphatic carbocycles. The van der Waals surface area contributed by atoms with Gasteiger partial charge in [-0.05, 0) is 61.0 Å². The van der Waals surface area contributed by atoms with Gasteiger partial charge in [-0.1, -0.05) is 18.2 Å². The lowest BCUT2D eigenvalue weighted by Crippen LogP contribution is -2.18. The molecule has 0 atom stereocenters. The van der Waals surface area contributed by atoms with Gasteiger partial charge in [0, 0.05) is 5.39 Å². The van der Waals surface area contributed by atoms with E-state index >= 15 is 0 Å². The third-order valence-electron chi connectivity index (χ3n) is 4.31. The Hall–Kier alpha value is -3.93. The smallest absolute Gasteiger partial charge is 0.272 e. The first-order valence-corrected chi connectivity index (χ1v) is 9.24. The van der Waals surface area contributed by atoms with Crippen LogP contribution in [0.3, 0.4) is 0 Å². The fourth-order valence-electron chi connectivity index (χ4n) is 2.96. The number of carbonyl (C=O) groups is 1. The fourth-order valence-corrected chi connectivity index (χ4v) is 2.96. The van der Waals surface area contributed by atoms with Crippen molar-refractivity contribution in [1.29, 1.82) is 0 Å². The first kappa shape index (κ1) is 18.4. The van der Waals surface area contributed by atoms with Gasteiger partial charge in [0.1, 0.15) is 11.4 Å². The van der Waals surface area contributed by atoms with Gasteiger partial charge in [0.2, 0.25) is 0 Å². The van der Waals surface area contributed by atoms with E-state index in [9.17, 15) is 4.79 Å². The van der Waals surface area contributed by atoms with Gasteiger partial charge in [0.25, 0.3) is 5.91 Å². The SMILES string of the molecule is CCOc1ccc(C=NNC(=O)c2cc(-c3ccco3)nc3ccccc23)cc1. The number of hydrogen-bond donors (Lipinski definition) is 1. The molecule has 2 aromatic carbocycles. The molecule has 144 valence electrons. The van der Waals surface area contributed by atoms with Gasteiger partial charge in [-0.3, -0.25) is 4.79 Å². The summed E-state index contributed by atoms with van der Waals surface area (Å²) in [5.74, 6) is 1.07. The lowest BCUT2D eigenvalue weighted by atomic mass is 10.1. The Morgan fingerprint density at radius 3 is 2.72 bits per heavy atom. The summed E-state index contributed by atoms with van der Waals surface area (Å²) in [6, 6.07) is 20.2. The zero-order valence-electron chi connectivity index (χ0n) is 15.8. The molecule has 6 heteroatoms. The molecule has 0 spiro atoms. The summed E-state index contributed by atoms with van der Waals surface area (Å²) in [5.41, 5.74) is 5.22. The van der Waals surface area contributed by atoms with Gasteiger partial charge in [0.15, 0.2) is 5.76 Å². The lowest BCUT2D eigenvalue weighted by molar-refractivity contribution is 0.0956. The molecule has 4 rings (SSSR count). The molecular formula is C23H19N3O3. The first-order chi connectivity index (χ1) is 14.2. The molecule has 0 unspecified atom stereocenters. The van der Waals surface area contributed by atoms with Crippen molar-refractivity contribution < 1.29 is 13.9 Å². The molecule has 29 heavy (non-hydrogen) atoms. The van der Waals surface area contributed by atoms with Crippen LogP contribution in [0.15, 0.2) is 82.5 Å². The normalized spacial score (nSPS) is 11.1. The molecule has 1 N–H and O–H groups in total. The van der Waals surface area contributed by atoms with E-state index < -0.39 is 0 Å². The average molecular weight is 385 g/mol. The Bertz CT molecular complexity index is 1150. The summed E-state index contributed by atoms with van der Waals surface area (Å²) in [6.45, 7) is 2.55. The van der Waals surface area contributed by atoms with Crippen LogP contribution in [-0.2, 0) is 0 Å². The zero-order valence-corrected chi connectivity index (χ0v) is 15.8. The van der Waals surface area contributed by atoms with E-state index in [1.54, 1.807) is 24.6 Å². The number of ether oxygens (including phenoxy) is 1. The zero-order chi connectivity index (χ0) is 20.1. The van der Waals surface area contributed by atoms with E-state index in [2.05, 4.69) is 15.5 Å². The topological polar surface area (TPSA) is 76.7 Å². The van der Waals surface area contributed by atoms with Crippen molar-refractivity contribution in [1.82, 2.24) is 10.4 Å². The van der Waals surface area contributed by atoms with E-state index in [0.717, 1.165) is 16.7 Å². The van der Waals surface area contributed by atoms with E-state index in [0.29, 0.717) is 29.1 Å². The number of hydrazone groups is 1. The number of furan rings is 1. The second-order valence-electron chi connectivity index (χ2n) is 6.25. The van der Waals surface area contributed by atoms with E-state index in [-0.39, 0.29) is 5.91 Å². The molecule has 2 heterocycles. The first-order valence-electron chi connectivity index (χ1n) is 9.24. The van der Waals surface area contributed by atoms with Crippen LogP contribution in [0.2, 0.25) is 0 Å². The van der Waals surface area contributed by atoms with Crippen molar-refractivity contribution in [3.8, 4) is 17.2 Å². The molecule has 0 radical (unpaired) electrons. The molecular weight excluding hydrogens is 366 g/mol. The van der Waals surface area contributed by atoms with Crippen molar-refractivity contribution in [3.05, 3.63) is 84.1 Å². The van der Waals surface area contributed by atoms with Crippen LogP contribution in [0, 0.1) is 0 Å². The highest BCUT2D eigenvalue weighted by Crippen LogP contribution is 2.25. The third kappa shape index (κ3) is 4.16. The Morgan fingerprint density at radius 2 is 1.97 bits per heavy atom. The summed E-state index contributed by atoms with van der Waals surface area (Å²) in [4.78, 5) is 17.4. The highest BCUT2D eigenvalue weighted by Gasteiger charge is 2.14.